The van der Waals surface area contributed by atoms with Gasteiger partial charge >= 0.3 is 0 Å². The van der Waals surface area contributed by atoms with Crippen LogP contribution in [-0.2, 0) is 13.0 Å². The molecule has 2 aromatic carbocycles. The van der Waals surface area contributed by atoms with Gasteiger partial charge in [0.1, 0.15) is 5.75 Å². The third kappa shape index (κ3) is 4.14. The third-order valence-corrected chi connectivity index (χ3v) is 4.50. The first-order valence-electron chi connectivity index (χ1n) is 6.99. The van der Waals surface area contributed by atoms with E-state index in [9.17, 15) is 0 Å². The quantitative estimate of drug-likeness (QED) is 0.708. The molecule has 0 spiro atoms. The molecule has 2 aromatic rings. The SMILES string of the molecule is CCCc1c(Br)ccc(NCc2ccc(OC)cc2)c1Cl. The van der Waals surface area contributed by atoms with E-state index in [1.54, 1.807) is 7.11 Å². The van der Waals surface area contributed by atoms with Crippen LogP contribution in [0.1, 0.15) is 24.5 Å². The summed E-state index contributed by atoms with van der Waals surface area (Å²) in [6, 6.07) is 12.1. The first-order valence-corrected chi connectivity index (χ1v) is 8.16. The molecule has 21 heavy (non-hydrogen) atoms. The molecule has 112 valence electrons. The first kappa shape index (κ1) is 16.2. The van der Waals surface area contributed by atoms with Crippen LogP contribution in [0.2, 0.25) is 5.02 Å². The lowest BCUT2D eigenvalue weighted by Gasteiger charge is -2.13. The van der Waals surface area contributed by atoms with Crippen LogP contribution >= 0.6 is 27.5 Å². The molecule has 2 nitrogen and oxygen atoms in total. The second-order valence-corrected chi connectivity index (χ2v) is 6.07. The predicted octanol–water partition coefficient (Wildman–Crippen LogP) is 5.68. The molecule has 0 amide bonds. The van der Waals surface area contributed by atoms with E-state index in [-0.39, 0.29) is 0 Å². The number of hydrogen-bond acceptors (Lipinski definition) is 2. The Labute approximate surface area is 139 Å². The molecule has 0 aromatic heterocycles. The lowest BCUT2D eigenvalue weighted by Crippen LogP contribution is -2.01. The van der Waals surface area contributed by atoms with Crippen LogP contribution in [-0.4, -0.2) is 7.11 Å². The molecule has 2 rings (SSSR count). The van der Waals surface area contributed by atoms with Crippen LogP contribution in [0.4, 0.5) is 5.69 Å². The van der Waals surface area contributed by atoms with Crippen molar-refractivity contribution in [3.8, 4) is 5.75 Å². The van der Waals surface area contributed by atoms with Gasteiger partial charge < -0.3 is 10.1 Å². The van der Waals surface area contributed by atoms with E-state index >= 15 is 0 Å². The van der Waals surface area contributed by atoms with E-state index < -0.39 is 0 Å². The fourth-order valence-corrected chi connectivity index (χ4v) is 3.12. The summed E-state index contributed by atoms with van der Waals surface area (Å²) in [5.74, 6) is 0.866. The number of nitrogens with one attached hydrogen (secondary N) is 1. The van der Waals surface area contributed by atoms with Crippen molar-refractivity contribution in [1.82, 2.24) is 0 Å². The number of hydrogen-bond donors (Lipinski definition) is 1. The summed E-state index contributed by atoms with van der Waals surface area (Å²) in [7, 11) is 1.67. The van der Waals surface area contributed by atoms with Crippen molar-refractivity contribution in [2.75, 3.05) is 12.4 Å². The van der Waals surface area contributed by atoms with Crippen molar-refractivity contribution >= 4 is 33.2 Å². The molecule has 0 bridgehead atoms. The molecule has 0 radical (unpaired) electrons. The van der Waals surface area contributed by atoms with Gasteiger partial charge in [-0.1, -0.05) is 53.0 Å². The monoisotopic (exact) mass is 367 g/mol. The first-order chi connectivity index (χ1) is 10.2. The van der Waals surface area contributed by atoms with Crippen molar-refractivity contribution in [2.45, 2.75) is 26.3 Å². The molecule has 0 aliphatic rings. The molecule has 0 unspecified atom stereocenters. The third-order valence-electron chi connectivity index (χ3n) is 3.33. The summed E-state index contributed by atoms with van der Waals surface area (Å²) >= 11 is 10.1. The number of methoxy groups -OCH3 is 1. The summed E-state index contributed by atoms with van der Waals surface area (Å²) in [4.78, 5) is 0. The minimum Gasteiger partial charge on any atom is -0.497 e. The van der Waals surface area contributed by atoms with Crippen LogP contribution in [0.5, 0.6) is 5.75 Å². The molecular weight excluding hydrogens is 350 g/mol. The highest BCUT2D eigenvalue weighted by Crippen LogP contribution is 2.33. The normalized spacial score (nSPS) is 10.5. The second kappa shape index (κ2) is 7.71. The highest BCUT2D eigenvalue weighted by molar-refractivity contribution is 9.10. The van der Waals surface area contributed by atoms with Gasteiger partial charge in [-0.05, 0) is 41.8 Å². The topological polar surface area (TPSA) is 21.3 Å². The van der Waals surface area contributed by atoms with Crippen LogP contribution in [0.15, 0.2) is 40.9 Å². The minimum absolute atomic E-state index is 0.733. The fraction of sp³-hybridized carbons (Fsp3) is 0.294. The van der Waals surface area contributed by atoms with Crippen molar-refractivity contribution in [3.63, 3.8) is 0 Å². The van der Waals surface area contributed by atoms with Gasteiger partial charge in [-0.15, -0.1) is 0 Å². The van der Waals surface area contributed by atoms with Gasteiger partial charge in [0.25, 0.3) is 0 Å². The summed E-state index contributed by atoms with van der Waals surface area (Å²) < 4.78 is 6.23. The largest absolute Gasteiger partial charge is 0.497 e. The van der Waals surface area contributed by atoms with Crippen LogP contribution in [0, 0.1) is 0 Å². The number of rotatable bonds is 6. The van der Waals surface area contributed by atoms with Crippen LogP contribution < -0.4 is 10.1 Å². The van der Waals surface area contributed by atoms with Crippen molar-refractivity contribution in [2.24, 2.45) is 0 Å². The number of ether oxygens (including phenoxy) is 1. The molecule has 0 saturated heterocycles. The van der Waals surface area contributed by atoms with Crippen molar-refractivity contribution in [1.29, 1.82) is 0 Å². The van der Waals surface area contributed by atoms with Gasteiger partial charge in [-0.3, -0.25) is 0 Å². The van der Waals surface area contributed by atoms with E-state index in [0.29, 0.717) is 0 Å². The lowest BCUT2D eigenvalue weighted by atomic mass is 10.1. The molecule has 0 saturated carbocycles. The van der Waals surface area contributed by atoms with Gasteiger partial charge in [0.2, 0.25) is 0 Å². The Bertz CT molecular complexity index is 598. The van der Waals surface area contributed by atoms with E-state index in [4.69, 9.17) is 16.3 Å². The Morgan fingerprint density at radius 2 is 1.86 bits per heavy atom. The summed E-state index contributed by atoms with van der Waals surface area (Å²) in [6.45, 7) is 2.89. The van der Waals surface area contributed by atoms with E-state index in [1.165, 1.54) is 11.1 Å². The van der Waals surface area contributed by atoms with Crippen molar-refractivity contribution < 1.29 is 4.74 Å². The summed E-state index contributed by atoms with van der Waals surface area (Å²) in [5, 5.41) is 4.20. The Morgan fingerprint density at radius 1 is 1.14 bits per heavy atom. The predicted molar refractivity (Wildman–Crippen MR) is 93.5 cm³/mol. The maximum absolute atomic E-state index is 6.49. The zero-order valence-corrected chi connectivity index (χ0v) is 14.6. The minimum atomic E-state index is 0.733. The summed E-state index contributed by atoms with van der Waals surface area (Å²) in [5.41, 5.74) is 3.32. The van der Waals surface area contributed by atoms with Crippen molar-refractivity contribution in [3.05, 3.63) is 57.0 Å². The van der Waals surface area contributed by atoms with Gasteiger partial charge in [0, 0.05) is 11.0 Å². The van der Waals surface area contributed by atoms with Gasteiger partial charge in [-0.2, -0.15) is 0 Å². The number of halogens is 2. The van der Waals surface area contributed by atoms with E-state index in [0.717, 1.165) is 40.3 Å². The maximum atomic E-state index is 6.49. The van der Waals surface area contributed by atoms with Gasteiger partial charge in [0.15, 0.2) is 0 Å². The molecule has 1 N–H and O–H groups in total. The zero-order chi connectivity index (χ0) is 15.2. The maximum Gasteiger partial charge on any atom is 0.118 e. The van der Waals surface area contributed by atoms with Crippen LogP contribution in [0.25, 0.3) is 0 Å². The fourth-order valence-electron chi connectivity index (χ4n) is 2.15. The molecule has 0 aliphatic heterocycles. The van der Waals surface area contributed by atoms with Gasteiger partial charge in [0.05, 0.1) is 17.8 Å². The molecule has 4 heteroatoms. The molecule has 0 aliphatic carbocycles. The molecule has 0 atom stereocenters. The Morgan fingerprint density at radius 3 is 2.48 bits per heavy atom. The smallest absolute Gasteiger partial charge is 0.118 e. The van der Waals surface area contributed by atoms with E-state index in [1.807, 2.05) is 36.4 Å². The van der Waals surface area contributed by atoms with Gasteiger partial charge in [-0.25, -0.2) is 0 Å². The number of benzene rings is 2. The standard InChI is InChI=1S/C17H19BrClNO/c1-3-4-14-15(18)9-10-16(17(14)19)20-11-12-5-7-13(21-2)8-6-12/h5-10,20H,3-4,11H2,1-2H3. The molecule has 0 fully saturated rings. The lowest BCUT2D eigenvalue weighted by molar-refractivity contribution is 0.414. The average molecular weight is 369 g/mol. The van der Waals surface area contributed by atoms with Crippen LogP contribution in [0.3, 0.4) is 0 Å². The number of anilines is 1. The molecular formula is C17H19BrClNO. The average Bonchev–Trinajstić information content (AvgIpc) is 2.51. The Hall–Kier alpha value is -1.19. The highest BCUT2D eigenvalue weighted by Gasteiger charge is 2.09. The Balaban J connectivity index is 2.10. The molecule has 0 heterocycles. The second-order valence-electron chi connectivity index (χ2n) is 4.84. The van der Waals surface area contributed by atoms with E-state index in [2.05, 4.69) is 28.2 Å². The highest BCUT2D eigenvalue weighted by atomic mass is 79.9. The zero-order valence-electron chi connectivity index (χ0n) is 12.2. The summed E-state index contributed by atoms with van der Waals surface area (Å²) in [6.07, 6.45) is 2.04. The Kier molecular flexibility index (Phi) is 5.95.